The molecule has 6 heteroatoms. The SMILES string of the molecule is CC(CN)Nc1cn[nH]c(=O)c1Cl. The largest absolute Gasteiger partial charge is 0.379 e. The van der Waals surface area contributed by atoms with Crippen LogP contribution in [0.15, 0.2) is 11.0 Å². The Balaban J connectivity index is 2.89. The maximum Gasteiger partial charge on any atom is 0.285 e. The molecule has 1 unspecified atom stereocenters. The Kier molecular flexibility index (Phi) is 3.27. The molecule has 0 spiro atoms. The zero-order valence-electron chi connectivity index (χ0n) is 7.17. The number of H-pyrrole nitrogens is 1. The highest BCUT2D eigenvalue weighted by Gasteiger charge is 2.06. The third-order valence-corrected chi connectivity index (χ3v) is 1.93. The number of nitrogens with zero attached hydrogens (tertiary/aromatic N) is 1. The average Bonchev–Trinajstić information content (AvgIpc) is 2.13. The Morgan fingerprint density at radius 2 is 2.54 bits per heavy atom. The first-order chi connectivity index (χ1) is 6.15. The van der Waals surface area contributed by atoms with Crippen molar-refractivity contribution in [2.24, 2.45) is 5.73 Å². The lowest BCUT2D eigenvalue weighted by atomic mass is 10.3. The Morgan fingerprint density at radius 1 is 1.85 bits per heavy atom. The first kappa shape index (κ1) is 10.0. The van der Waals surface area contributed by atoms with E-state index >= 15 is 0 Å². The minimum Gasteiger partial charge on any atom is -0.379 e. The molecule has 1 aromatic heterocycles. The van der Waals surface area contributed by atoms with Gasteiger partial charge in [0, 0.05) is 12.6 Å². The quantitative estimate of drug-likeness (QED) is 0.653. The summed E-state index contributed by atoms with van der Waals surface area (Å²) in [6, 6.07) is 0.0566. The van der Waals surface area contributed by atoms with E-state index in [2.05, 4.69) is 15.5 Å². The summed E-state index contributed by atoms with van der Waals surface area (Å²) < 4.78 is 0. The Hall–Kier alpha value is -1.07. The van der Waals surface area contributed by atoms with Crippen molar-refractivity contribution in [3.63, 3.8) is 0 Å². The van der Waals surface area contributed by atoms with E-state index in [1.165, 1.54) is 6.20 Å². The summed E-state index contributed by atoms with van der Waals surface area (Å²) in [5.41, 5.74) is 5.49. The summed E-state index contributed by atoms with van der Waals surface area (Å²) in [6.07, 6.45) is 1.45. The van der Waals surface area contributed by atoms with E-state index in [1.807, 2.05) is 6.92 Å². The molecular weight excluding hydrogens is 192 g/mol. The molecule has 0 aliphatic carbocycles. The highest BCUT2D eigenvalue weighted by atomic mass is 35.5. The Bertz CT molecular complexity index is 338. The highest BCUT2D eigenvalue weighted by Crippen LogP contribution is 2.14. The number of hydrogen-bond donors (Lipinski definition) is 3. The van der Waals surface area contributed by atoms with E-state index in [0.717, 1.165) is 0 Å². The molecule has 0 bridgehead atoms. The molecule has 0 aliphatic heterocycles. The molecule has 1 heterocycles. The van der Waals surface area contributed by atoms with Gasteiger partial charge in [-0.1, -0.05) is 11.6 Å². The lowest BCUT2D eigenvalue weighted by Gasteiger charge is -2.12. The number of hydrogen-bond acceptors (Lipinski definition) is 4. The Labute approximate surface area is 80.3 Å². The molecule has 1 aromatic rings. The number of nitrogens with one attached hydrogen (secondary N) is 2. The summed E-state index contributed by atoms with van der Waals surface area (Å²) >= 11 is 5.71. The van der Waals surface area contributed by atoms with Crippen LogP contribution in [-0.4, -0.2) is 22.8 Å². The van der Waals surface area contributed by atoms with Crippen LogP contribution in [-0.2, 0) is 0 Å². The van der Waals surface area contributed by atoms with E-state index in [9.17, 15) is 4.79 Å². The van der Waals surface area contributed by atoms with Crippen molar-refractivity contribution in [3.05, 3.63) is 21.6 Å². The third-order valence-electron chi connectivity index (χ3n) is 1.55. The van der Waals surface area contributed by atoms with Gasteiger partial charge in [-0.15, -0.1) is 0 Å². The molecule has 0 amide bonds. The molecule has 1 rings (SSSR count). The molecule has 72 valence electrons. The van der Waals surface area contributed by atoms with Crippen molar-refractivity contribution in [2.75, 3.05) is 11.9 Å². The number of aromatic amines is 1. The van der Waals surface area contributed by atoms with Gasteiger partial charge < -0.3 is 11.1 Å². The maximum absolute atomic E-state index is 11.0. The zero-order valence-corrected chi connectivity index (χ0v) is 7.93. The second-order valence-corrected chi connectivity index (χ2v) is 3.09. The number of halogens is 1. The minimum atomic E-state index is -0.407. The van der Waals surface area contributed by atoms with E-state index < -0.39 is 5.56 Å². The van der Waals surface area contributed by atoms with Gasteiger partial charge in [-0.05, 0) is 6.92 Å². The van der Waals surface area contributed by atoms with Gasteiger partial charge in [-0.2, -0.15) is 5.10 Å². The molecule has 0 saturated heterocycles. The van der Waals surface area contributed by atoms with Crippen LogP contribution in [0.25, 0.3) is 0 Å². The van der Waals surface area contributed by atoms with Crippen molar-refractivity contribution in [3.8, 4) is 0 Å². The molecule has 4 N–H and O–H groups in total. The summed E-state index contributed by atoms with van der Waals surface area (Å²) in [7, 11) is 0. The van der Waals surface area contributed by atoms with Crippen LogP contribution >= 0.6 is 11.6 Å². The molecular formula is C7H11ClN4O. The maximum atomic E-state index is 11.0. The molecule has 0 aromatic carbocycles. The number of aromatic nitrogens is 2. The summed E-state index contributed by atoms with van der Waals surface area (Å²) in [5, 5.41) is 8.90. The molecule has 5 nitrogen and oxygen atoms in total. The van der Waals surface area contributed by atoms with Crippen LogP contribution in [0, 0.1) is 0 Å². The average molecular weight is 203 g/mol. The lowest BCUT2D eigenvalue weighted by Crippen LogP contribution is -2.26. The molecule has 0 fully saturated rings. The topological polar surface area (TPSA) is 83.8 Å². The van der Waals surface area contributed by atoms with Crippen molar-refractivity contribution >= 4 is 17.3 Å². The van der Waals surface area contributed by atoms with Gasteiger partial charge in [0.1, 0.15) is 5.02 Å². The molecule has 1 atom stereocenters. The second-order valence-electron chi connectivity index (χ2n) is 2.71. The van der Waals surface area contributed by atoms with E-state index in [1.54, 1.807) is 0 Å². The van der Waals surface area contributed by atoms with Crippen molar-refractivity contribution < 1.29 is 0 Å². The monoisotopic (exact) mass is 202 g/mol. The fraction of sp³-hybridized carbons (Fsp3) is 0.429. The van der Waals surface area contributed by atoms with Crippen molar-refractivity contribution in [1.82, 2.24) is 10.2 Å². The van der Waals surface area contributed by atoms with Gasteiger partial charge in [-0.25, -0.2) is 5.10 Å². The molecule has 0 saturated carbocycles. The van der Waals surface area contributed by atoms with E-state index in [4.69, 9.17) is 17.3 Å². The Morgan fingerprint density at radius 3 is 3.15 bits per heavy atom. The highest BCUT2D eigenvalue weighted by molar-refractivity contribution is 6.32. The second kappa shape index (κ2) is 4.25. The predicted octanol–water partition coefficient (Wildman–Crippen LogP) is 0.182. The zero-order chi connectivity index (χ0) is 9.84. The van der Waals surface area contributed by atoms with Crippen molar-refractivity contribution in [2.45, 2.75) is 13.0 Å². The molecule has 0 aliphatic rings. The van der Waals surface area contributed by atoms with Gasteiger partial charge in [0.25, 0.3) is 5.56 Å². The first-order valence-corrected chi connectivity index (χ1v) is 4.22. The smallest absolute Gasteiger partial charge is 0.285 e. The van der Waals surface area contributed by atoms with Crippen LogP contribution < -0.4 is 16.6 Å². The normalized spacial score (nSPS) is 12.5. The summed E-state index contributed by atoms with van der Waals surface area (Å²) in [6.45, 7) is 2.35. The van der Waals surface area contributed by atoms with Gasteiger partial charge >= 0.3 is 0 Å². The standard InChI is InChI=1S/C7H11ClN4O/c1-4(2-9)11-5-3-10-12-7(13)6(5)8/h3-4H,2,9H2,1H3,(H2,11,12,13). The van der Waals surface area contributed by atoms with Gasteiger partial charge in [-0.3, -0.25) is 4.79 Å². The molecule has 13 heavy (non-hydrogen) atoms. The van der Waals surface area contributed by atoms with Gasteiger partial charge in [0.2, 0.25) is 0 Å². The fourth-order valence-electron chi connectivity index (χ4n) is 0.809. The number of nitrogens with two attached hydrogens (primary N) is 1. The van der Waals surface area contributed by atoms with Gasteiger partial charge in [0.15, 0.2) is 0 Å². The molecule has 0 radical (unpaired) electrons. The van der Waals surface area contributed by atoms with E-state index in [-0.39, 0.29) is 11.1 Å². The number of anilines is 1. The predicted molar refractivity (Wildman–Crippen MR) is 52.0 cm³/mol. The van der Waals surface area contributed by atoms with Crippen LogP contribution in [0.3, 0.4) is 0 Å². The van der Waals surface area contributed by atoms with Crippen LogP contribution in [0.4, 0.5) is 5.69 Å². The summed E-state index contributed by atoms with van der Waals surface area (Å²) in [5.74, 6) is 0. The number of rotatable bonds is 3. The third kappa shape index (κ3) is 2.43. The van der Waals surface area contributed by atoms with Crippen LogP contribution in [0.2, 0.25) is 5.02 Å². The van der Waals surface area contributed by atoms with Crippen molar-refractivity contribution in [1.29, 1.82) is 0 Å². The van der Waals surface area contributed by atoms with Crippen LogP contribution in [0.1, 0.15) is 6.92 Å². The first-order valence-electron chi connectivity index (χ1n) is 3.85. The summed E-state index contributed by atoms with van der Waals surface area (Å²) in [4.78, 5) is 11.0. The minimum absolute atomic E-state index is 0.0566. The van der Waals surface area contributed by atoms with E-state index in [0.29, 0.717) is 12.2 Å². The fourth-order valence-corrected chi connectivity index (χ4v) is 0.954. The van der Waals surface area contributed by atoms with Gasteiger partial charge in [0.05, 0.1) is 11.9 Å². The van der Waals surface area contributed by atoms with Crippen LogP contribution in [0.5, 0.6) is 0 Å². The lowest BCUT2D eigenvalue weighted by molar-refractivity contribution is 0.800.